The lowest BCUT2D eigenvalue weighted by atomic mass is 9.95. The highest BCUT2D eigenvalue weighted by atomic mass is 14.9. The average Bonchev–Trinajstić information content (AvgIpc) is 2.19. The van der Waals surface area contributed by atoms with Crippen molar-refractivity contribution in [3.63, 3.8) is 0 Å². The molecule has 1 aromatic carbocycles. The number of fused-ring (bicyclic) bond motifs is 1. The highest BCUT2D eigenvalue weighted by Crippen LogP contribution is 2.25. The van der Waals surface area contributed by atoms with Crippen LogP contribution in [-0.2, 0) is 12.8 Å². The Morgan fingerprint density at radius 3 is 3.15 bits per heavy atom. The van der Waals surface area contributed by atoms with Crippen LogP contribution in [0, 0.1) is 0 Å². The Morgan fingerprint density at radius 2 is 2.31 bits per heavy atom. The van der Waals surface area contributed by atoms with Gasteiger partial charge < -0.3 is 5.32 Å². The molecule has 0 aliphatic carbocycles. The third-order valence-corrected chi connectivity index (χ3v) is 2.71. The molecular weight excluding hydrogens is 158 g/mol. The average molecular weight is 175 g/mol. The first-order chi connectivity index (χ1) is 6.42. The summed E-state index contributed by atoms with van der Waals surface area (Å²) in [5, 5.41) is 3.46. The van der Waals surface area contributed by atoms with Crippen molar-refractivity contribution in [2.75, 3.05) is 11.9 Å². The third kappa shape index (κ3) is 1.69. The first-order valence-electron chi connectivity index (χ1n) is 5.26. The van der Waals surface area contributed by atoms with Crippen LogP contribution in [0.2, 0.25) is 0 Å². The molecule has 1 nitrogen and oxygen atoms in total. The summed E-state index contributed by atoms with van der Waals surface area (Å²) in [6, 6.07) is 6.64. The van der Waals surface area contributed by atoms with Gasteiger partial charge in [-0.05, 0) is 36.5 Å². The van der Waals surface area contributed by atoms with E-state index in [2.05, 4.69) is 30.4 Å². The lowest BCUT2D eigenvalue weighted by molar-refractivity contribution is 0.804. The molecule has 0 saturated heterocycles. The highest BCUT2D eigenvalue weighted by molar-refractivity contribution is 5.56. The Kier molecular flexibility index (Phi) is 2.53. The fraction of sp³-hybridized carbons (Fsp3) is 0.500. The number of hydrogen-bond acceptors (Lipinski definition) is 1. The van der Waals surface area contributed by atoms with Crippen LogP contribution in [-0.4, -0.2) is 6.54 Å². The number of aryl methyl sites for hydroxylation is 1. The molecule has 0 radical (unpaired) electrons. The van der Waals surface area contributed by atoms with Crippen molar-refractivity contribution in [1.29, 1.82) is 0 Å². The first kappa shape index (κ1) is 8.61. The van der Waals surface area contributed by atoms with Crippen molar-refractivity contribution in [2.45, 2.75) is 32.6 Å². The zero-order valence-electron chi connectivity index (χ0n) is 8.27. The second-order valence-electron chi connectivity index (χ2n) is 3.72. The van der Waals surface area contributed by atoms with Gasteiger partial charge in [-0.15, -0.1) is 0 Å². The van der Waals surface area contributed by atoms with Crippen LogP contribution in [0.25, 0.3) is 0 Å². The molecule has 0 saturated carbocycles. The molecule has 2 rings (SSSR count). The lowest BCUT2D eigenvalue weighted by Crippen LogP contribution is -2.13. The van der Waals surface area contributed by atoms with Gasteiger partial charge in [-0.25, -0.2) is 0 Å². The molecular formula is C12H17N. The van der Waals surface area contributed by atoms with Crippen molar-refractivity contribution < 1.29 is 0 Å². The van der Waals surface area contributed by atoms with Crippen LogP contribution in [0.15, 0.2) is 18.2 Å². The van der Waals surface area contributed by atoms with Crippen molar-refractivity contribution in [1.82, 2.24) is 0 Å². The quantitative estimate of drug-likeness (QED) is 0.728. The summed E-state index contributed by atoms with van der Waals surface area (Å²) < 4.78 is 0. The molecule has 1 heterocycles. The predicted octanol–water partition coefficient (Wildman–Crippen LogP) is 3.00. The van der Waals surface area contributed by atoms with E-state index in [1.807, 2.05) is 0 Å². The monoisotopic (exact) mass is 175 g/mol. The van der Waals surface area contributed by atoms with Crippen LogP contribution >= 0.6 is 0 Å². The maximum absolute atomic E-state index is 3.46. The van der Waals surface area contributed by atoms with E-state index in [4.69, 9.17) is 0 Å². The molecule has 1 heteroatoms. The molecule has 70 valence electrons. The van der Waals surface area contributed by atoms with Crippen LogP contribution in [0.3, 0.4) is 0 Å². The van der Waals surface area contributed by atoms with E-state index in [1.165, 1.54) is 31.4 Å². The van der Waals surface area contributed by atoms with E-state index in [1.54, 1.807) is 11.1 Å². The number of anilines is 1. The minimum absolute atomic E-state index is 1.14. The van der Waals surface area contributed by atoms with Crippen LogP contribution < -0.4 is 5.32 Å². The van der Waals surface area contributed by atoms with Gasteiger partial charge in [0, 0.05) is 12.2 Å². The fourth-order valence-electron chi connectivity index (χ4n) is 2.09. The fourth-order valence-corrected chi connectivity index (χ4v) is 2.09. The summed E-state index contributed by atoms with van der Waals surface area (Å²) in [5.41, 5.74) is 4.49. The molecule has 1 aliphatic heterocycles. The summed E-state index contributed by atoms with van der Waals surface area (Å²) in [7, 11) is 0. The van der Waals surface area contributed by atoms with E-state index in [0.29, 0.717) is 0 Å². The second kappa shape index (κ2) is 3.82. The molecule has 1 N–H and O–H groups in total. The number of rotatable bonds is 2. The molecule has 13 heavy (non-hydrogen) atoms. The minimum atomic E-state index is 1.14. The molecule has 0 amide bonds. The molecule has 1 aliphatic rings. The number of hydrogen-bond donors (Lipinski definition) is 1. The summed E-state index contributed by atoms with van der Waals surface area (Å²) in [5.74, 6) is 0. The van der Waals surface area contributed by atoms with Gasteiger partial charge in [0.25, 0.3) is 0 Å². The topological polar surface area (TPSA) is 12.0 Å². The summed E-state index contributed by atoms with van der Waals surface area (Å²) in [6.07, 6.45) is 5.02. The maximum atomic E-state index is 3.46. The van der Waals surface area contributed by atoms with Crippen molar-refractivity contribution in [3.05, 3.63) is 29.3 Å². The lowest BCUT2D eigenvalue weighted by Gasteiger charge is -2.20. The van der Waals surface area contributed by atoms with Gasteiger partial charge in [-0.1, -0.05) is 25.5 Å². The minimum Gasteiger partial charge on any atom is -0.385 e. The van der Waals surface area contributed by atoms with E-state index in [9.17, 15) is 0 Å². The van der Waals surface area contributed by atoms with Crippen LogP contribution in [0.1, 0.15) is 30.9 Å². The predicted molar refractivity (Wildman–Crippen MR) is 57.2 cm³/mol. The maximum Gasteiger partial charge on any atom is 0.0375 e. The van der Waals surface area contributed by atoms with Crippen molar-refractivity contribution in [3.8, 4) is 0 Å². The SMILES string of the molecule is CCCc1cccc2c1CCCN2. The number of benzene rings is 1. The van der Waals surface area contributed by atoms with Crippen LogP contribution in [0.5, 0.6) is 0 Å². The van der Waals surface area contributed by atoms with Crippen LogP contribution in [0.4, 0.5) is 5.69 Å². The van der Waals surface area contributed by atoms with E-state index < -0.39 is 0 Å². The molecule has 0 fully saturated rings. The van der Waals surface area contributed by atoms with E-state index in [-0.39, 0.29) is 0 Å². The molecule has 1 aromatic rings. The van der Waals surface area contributed by atoms with Gasteiger partial charge in [-0.3, -0.25) is 0 Å². The van der Waals surface area contributed by atoms with Crippen molar-refractivity contribution in [2.24, 2.45) is 0 Å². The summed E-state index contributed by atoms with van der Waals surface area (Å²) in [6.45, 7) is 3.39. The van der Waals surface area contributed by atoms with Gasteiger partial charge in [0.05, 0.1) is 0 Å². The van der Waals surface area contributed by atoms with E-state index in [0.717, 1.165) is 6.54 Å². The molecule has 0 aromatic heterocycles. The Hall–Kier alpha value is -0.980. The third-order valence-electron chi connectivity index (χ3n) is 2.71. The Morgan fingerprint density at radius 1 is 1.38 bits per heavy atom. The number of nitrogens with one attached hydrogen (secondary N) is 1. The Bertz CT molecular complexity index is 291. The summed E-state index contributed by atoms with van der Waals surface area (Å²) in [4.78, 5) is 0. The summed E-state index contributed by atoms with van der Waals surface area (Å²) >= 11 is 0. The molecule has 0 atom stereocenters. The van der Waals surface area contributed by atoms with Gasteiger partial charge >= 0.3 is 0 Å². The second-order valence-corrected chi connectivity index (χ2v) is 3.72. The van der Waals surface area contributed by atoms with Gasteiger partial charge in [0.2, 0.25) is 0 Å². The first-order valence-corrected chi connectivity index (χ1v) is 5.26. The Labute approximate surface area is 80.2 Å². The zero-order chi connectivity index (χ0) is 9.10. The van der Waals surface area contributed by atoms with Gasteiger partial charge in [0.1, 0.15) is 0 Å². The van der Waals surface area contributed by atoms with Gasteiger partial charge in [0.15, 0.2) is 0 Å². The Balaban J connectivity index is 2.34. The zero-order valence-corrected chi connectivity index (χ0v) is 8.27. The molecule has 0 unspecified atom stereocenters. The smallest absolute Gasteiger partial charge is 0.0375 e. The van der Waals surface area contributed by atoms with E-state index >= 15 is 0 Å². The normalized spacial score (nSPS) is 14.8. The largest absolute Gasteiger partial charge is 0.385 e. The molecule has 0 spiro atoms. The van der Waals surface area contributed by atoms with Gasteiger partial charge in [-0.2, -0.15) is 0 Å². The molecule has 0 bridgehead atoms. The standard InChI is InChI=1S/C12H17N/c1-2-5-10-6-3-8-12-11(10)7-4-9-13-12/h3,6,8,13H,2,4-5,7,9H2,1H3. The highest BCUT2D eigenvalue weighted by Gasteiger charge is 2.10. The van der Waals surface area contributed by atoms with Crippen molar-refractivity contribution >= 4 is 5.69 Å².